The molecule has 5 nitrogen and oxygen atoms in total. The Labute approximate surface area is 133 Å². The molecule has 0 aliphatic rings. The second-order valence-electron chi connectivity index (χ2n) is 5.07. The highest BCUT2D eigenvalue weighted by Crippen LogP contribution is 2.18. The zero-order valence-electron chi connectivity index (χ0n) is 12.9. The summed E-state index contributed by atoms with van der Waals surface area (Å²) >= 11 is 0. The van der Waals surface area contributed by atoms with Gasteiger partial charge in [-0.2, -0.15) is 0 Å². The maximum Gasteiger partial charge on any atom is 0.333 e. The minimum atomic E-state index is -0.983. The molecule has 1 amide bonds. The van der Waals surface area contributed by atoms with Gasteiger partial charge >= 0.3 is 5.97 Å². The summed E-state index contributed by atoms with van der Waals surface area (Å²) in [4.78, 5) is 28.0. The zero-order chi connectivity index (χ0) is 16.8. The lowest BCUT2D eigenvalue weighted by Crippen LogP contribution is -2.35. The predicted molar refractivity (Wildman–Crippen MR) is 82.0 cm³/mol. The molecule has 0 radical (unpaired) electrons. The van der Waals surface area contributed by atoms with Crippen LogP contribution in [0.2, 0.25) is 0 Å². The highest BCUT2D eigenvalue weighted by Gasteiger charge is 2.24. The molecule has 0 saturated heterocycles. The van der Waals surface area contributed by atoms with E-state index in [0.29, 0.717) is 11.1 Å². The Morgan fingerprint density at radius 3 is 2.74 bits per heavy atom. The van der Waals surface area contributed by atoms with Crippen LogP contribution >= 0.6 is 0 Å². The molecule has 0 aliphatic carbocycles. The van der Waals surface area contributed by atoms with E-state index in [1.54, 1.807) is 31.5 Å². The van der Waals surface area contributed by atoms with Crippen LogP contribution in [0.3, 0.4) is 0 Å². The second kappa shape index (κ2) is 7.49. The number of ether oxygens (including phenoxy) is 1. The Morgan fingerprint density at radius 1 is 1.35 bits per heavy atom. The first-order valence-corrected chi connectivity index (χ1v) is 7.03. The van der Waals surface area contributed by atoms with Gasteiger partial charge in [-0.25, -0.2) is 9.18 Å². The number of pyridine rings is 1. The quantitative estimate of drug-likeness (QED) is 0.858. The number of halogens is 1. The molecule has 1 atom stereocenters. The minimum absolute atomic E-state index is 0.0848. The number of aryl methyl sites for hydroxylation is 1. The Kier molecular flexibility index (Phi) is 5.41. The Hall–Kier alpha value is -2.76. The summed E-state index contributed by atoms with van der Waals surface area (Å²) < 4.78 is 18.1. The molecule has 0 fully saturated rings. The number of hydrogen-bond acceptors (Lipinski definition) is 4. The molecule has 1 heterocycles. The number of nitrogens with zero attached hydrogens (tertiary/aromatic N) is 1. The monoisotopic (exact) mass is 316 g/mol. The van der Waals surface area contributed by atoms with Crippen LogP contribution in [-0.4, -0.2) is 24.0 Å². The normalized spacial score (nSPS) is 11.6. The SMILES string of the molecule is COC(=O)[C@@H](NC(=O)Cc1cccnc1)c1ccc(F)c(C)c1. The van der Waals surface area contributed by atoms with Crippen LogP contribution in [-0.2, 0) is 20.7 Å². The van der Waals surface area contributed by atoms with Crippen molar-refractivity contribution in [1.82, 2.24) is 10.3 Å². The van der Waals surface area contributed by atoms with Crippen molar-refractivity contribution in [3.05, 3.63) is 65.2 Å². The molecule has 2 rings (SSSR count). The average molecular weight is 316 g/mol. The maximum atomic E-state index is 13.4. The van der Waals surface area contributed by atoms with Gasteiger partial charge in [0.2, 0.25) is 5.91 Å². The van der Waals surface area contributed by atoms with E-state index >= 15 is 0 Å². The summed E-state index contributed by atoms with van der Waals surface area (Å²) in [6, 6.07) is 6.73. The van der Waals surface area contributed by atoms with Crippen LogP contribution in [0.15, 0.2) is 42.7 Å². The minimum Gasteiger partial charge on any atom is -0.467 e. The highest BCUT2D eigenvalue weighted by atomic mass is 19.1. The van der Waals surface area contributed by atoms with Gasteiger partial charge in [-0.1, -0.05) is 18.2 Å². The van der Waals surface area contributed by atoms with Gasteiger partial charge in [0, 0.05) is 12.4 Å². The van der Waals surface area contributed by atoms with Gasteiger partial charge in [-0.3, -0.25) is 9.78 Å². The van der Waals surface area contributed by atoms with Crippen molar-refractivity contribution in [2.24, 2.45) is 0 Å². The van der Waals surface area contributed by atoms with Crippen molar-refractivity contribution in [3.63, 3.8) is 0 Å². The number of amides is 1. The molecule has 1 aromatic carbocycles. The van der Waals surface area contributed by atoms with Crippen molar-refractivity contribution in [2.45, 2.75) is 19.4 Å². The van der Waals surface area contributed by atoms with E-state index in [1.807, 2.05) is 0 Å². The lowest BCUT2D eigenvalue weighted by molar-refractivity contribution is -0.145. The molecule has 120 valence electrons. The first-order chi connectivity index (χ1) is 11.0. The maximum absolute atomic E-state index is 13.4. The fourth-order valence-corrected chi connectivity index (χ4v) is 2.14. The molecule has 0 unspecified atom stereocenters. The summed E-state index contributed by atoms with van der Waals surface area (Å²) in [5, 5.41) is 2.62. The number of rotatable bonds is 5. The number of benzene rings is 1. The number of carbonyl (C=O) groups is 2. The number of esters is 1. The number of methoxy groups -OCH3 is 1. The Morgan fingerprint density at radius 2 is 2.13 bits per heavy atom. The summed E-state index contributed by atoms with van der Waals surface area (Å²) in [6.45, 7) is 1.59. The number of nitrogens with one attached hydrogen (secondary N) is 1. The molecule has 23 heavy (non-hydrogen) atoms. The molecule has 1 N–H and O–H groups in total. The van der Waals surface area contributed by atoms with E-state index in [4.69, 9.17) is 4.74 Å². The average Bonchev–Trinajstić information content (AvgIpc) is 2.55. The van der Waals surface area contributed by atoms with Crippen LogP contribution in [0.4, 0.5) is 4.39 Å². The number of hydrogen-bond donors (Lipinski definition) is 1. The van der Waals surface area contributed by atoms with Crippen molar-refractivity contribution < 1.29 is 18.7 Å². The van der Waals surface area contributed by atoms with E-state index in [0.717, 1.165) is 5.56 Å². The van der Waals surface area contributed by atoms with Crippen LogP contribution in [0, 0.1) is 12.7 Å². The van der Waals surface area contributed by atoms with Gasteiger partial charge in [0.1, 0.15) is 5.82 Å². The molecular weight excluding hydrogens is 299 g/mol. The van der Waals surface area contributed by atoms with Gasteiger partial charge in [0.05, 0.1) is 13.5 Å². The van der Waals surface area contributed by atoms with Crippen LogP contribution in [0.5, 0.6) is 0 Å². The summed E-state index contributed by atoms with van der Waals surface area (Å²) in [5.41, 5.74) is 1.58. The van der Waals surface area contributed by atoms with Crippen molar-refractivity contribution in [2.75, 3.05) is 7.11 Å². The van der Waals surface area contributed by atoms with E-state index in [-0.39, 0.29) is 18.1 Å². The molecule has 0 saturated carbocycles. The summed E-state index contributed by atoms with van der Waals surface area (Å²) in [6.07, 6.45) is 3.27. The van der Waals surface area contributed by atoms with Crippen molar-refractivity contribution in [3.8, 4) is 0 Å². The second-order valence-corrected chi connectivity index (χ2v) is 5.07. The molecule has 0 spiro atoms. The van der Waals surface area contributed by atoms with E-state index in [9.17, 15) is 14.0 Å². The largest absolute Gasteiger partial charge is 0.467 e. The third-order valence-corrected chi connectivity index (χ3v) is 3.35. The van der Waals surface area contributed by atoms with E-state index in [2.05, 4.69) is 10.3 Å². The van der Waals surface area contributed by atoms with Crippen LogP contribution in [0.25, 0.3) is 0 Å². The first kappa shape index (κ1) is 16.6. The molecule has 0 bridgehead atoms. The van der Waals surface area contributed by atoms with Crippen molar-refractivity contribution >= 4 is 11.9 Å². The van der Waals surface area contributed by atoms with Gasteiger partial charge in [-0.05, 0) is 35.7 Å². The fraction of sp³-hybridized carbons (Fsp3) is 0.235. The van der Waals surface area contributed by atoms with Gasteiger partial charge in [-0.15, -0.1) is 0 Å². The van der Waals surface area contributed by atoms with Gasteiger partial charge in [0.25, 0.3) is 0 Å². The Bertz CT molecular complexity index is 704. The number of aromatic nitrogens is 1. The van der Waals surface area contributed by atoms with E-state index in [1.165, 1.54) is 25.3 Å². The third-order valence-electron chi connectivity index (χ3n) is 3.35. The van der Waals surface area contributed by atoms with Crippen molar-refractivity contribution in [1.29, 1.82) is 0 Å². The lowest BCUT2D eigenvalue weighted by atomic mass is 10.0. The standard InChI is InChI=1S/C17H17FN2O3/c1-11-8-13(5-6-14(11)18)16(17(22)23-2)20-15(21)9-12-4-3-7-19-10-12/h3-8,10,16H,9H2,1-2H3,(H,20,21)/t16-/m0/s1. The number of carbonyl (C=O) groups excluding carboxylic acids is 2. The topological polar surface area (TPSA) is 68.3 Å². The van der Waals surface area contributed by atoms with Crippen LogP contribution < -0.4 is 5.32 Å². The van der Waals surface area contributed by atoms with Gasteiger partial charge < -0.3 is 10.1 Å². The lowest BCUT2D eigenvalue weighted by Gasteiger charge is -2.17. The summed E-state index contributed by atoms with van der Waals surface area (Å²) in [7, 11) is 1.24. The molecule has 6 heteroatoms. The Balaban J connectivity index is 2.17. The highest BCUT2D eigenvalue weighted by molar-refractivity contribution is 5.86. The molecule has 1 aromatic heterocycles. The smallest absolute Gasteiger partial charge is 0.333 e. The third kappa shape index (κ3) is 4.35. The zero-order valence-corrected chi connectivity index (χ0v) is 12.9. The predicted octanol–water partition coefficient (Wildman–Crippen LogP) is 2.10. The van der Waals surface area contributed by atoms with E-state index < -0.39 is 12.0 Å². The first-order valence-electron chi connectivity index (χ1n) is 7.03. The van der Waals surface area contributed by atoms with Gasteiger partial charge in [0.15, 0.2) is 6.04 Å². The fourth-order valence-electron chi connectivity index (χ4n) is 2.14. The molecule has 0 aliphatic heterocycles. The van der Waals surface area contributed by atoms with Crippen LogP contribution in [0.1, 0.15) is 22.7 Å². The molecular formula is C17H17FN2O3. The molecule has 2 aromatic rings. The summed E-state index contributed by atoms with van der Waals surface area (Å²) in [5.74, 6) is -1.34.